The predicted molar refractivity (Wildman–Crippen MR) is 74.1 cm³/mol. The molecular weight excluding hydrogens is 341 g/mol. The maximum absolute atomic E-state index is 12.0. The SMILES string of the molecule is O=C(Nc1cccnc1Cl)c1cc(Br)cnc1Cl. The van der Waals surface area contributed by atoms with Crippen molar-refractivity contribution in [3.63, 3.8) is 0 Å². The Morgan fingerprint density at radius 2 is 2.06 bits per heavy atom. The van der Waals surface area contributed by atoms with Gasteiger partial charge in [-0.1, -0.05) is 23.2 Å². The van der Waals surface area contributed by atoms with Crippen LogP contribution in [0.5, 0.6) is 0 Å². The Morgan fingerprint density at radius 1 is 1.28 bits per heavy atom. The number of aromatic nitrogens is 2. The molecule has 2 aromatic heterocycles. The molecule has 0 bridgehead atoms. The summed E-state index contributed by atoms with van der Waals surface area (Å²) >= 11 is 14.9. The van der Waals surface area contributed by atoms with Gasteiger partial charge in [0.05, 0.1) is 11.3 Å². The quantitative estimate of drug-likeness (QED) is 0.841. The van der Waals surface area contributed by atoms with Crippen LogP contribution in [0.4, 0.5) is 5.69 Å². The van der Waals surface area contributed by atoms with Crippen LogP contribution in [0.2, 0.25) is 10.3 Å². The predicted octanol–water partition coefficient (Wildman–Crippen LogP) is 3.80. The van der Waals surface area contributed by atoms with Crippen molar-refractivity contribution in [1.82, 2.24) is 9.97 Å². The maximum Gasteiger partial charge on any atom is 0.258 e. The van der Waals surface area contributed by atoms with E-state index in [0.29, 0.717) is 10.2 Å². The number of rotatable bonds is 2. The number of nitrogens with one attached hydrogen (secondary N) is 1. The second kappa shape index (κ2) is 5.65. The molecule has 92 valence electrons. The van der Waals surface area contributed by atoms with E-state index in [2.05, 4.69) is 31.2 Å². The lowest BCUT2D eigenvalue weighted by Gasteiger charge is -2.07. The van der Waals surface area contributed by atoms with Gasteiger partial charge in [0.25, 0.3) is 5.91 Å². The lowest BCUT2D eigenvalue weighted by molar-refractivity contribution is 0.102. The van der Waals surface area contributed by atoms with Gasteiger partial charge in [0.15, 0.2) is 5.15 Å². The van der Waals surface area contributed by atoms with E-state index in [4.69, 9.17) is 23.2 Å². The van der Waals surface area contributed by atoms with Crippen molar-refractivity contribution < 1.29 is 4.79 Å². The summed E-state index contributed by atoms with van der Waals surface area (Å²) < 4.78 is 0.661. The van der Waals surface area contributed by atoms with Crippen LogP contribution >= 0.6 is 39.1 Å². The van der Waals surface area contributed by atoms with Gasteiger partial charge in [-0.3, -0.25) is 4.79 Å². The number of anilines is 1. The second-order valence-electron chi connectivity index (χ2n) is 3.29. The second-order valence-corrected chi connectivity index (χ2v) is 4.92. The molecule has 7 heteroatoms. The number of amides is 1. The molecular formula is C11H6BrCl2N3O. The molecule has 0 aliphatic rings. The average Bonchev–Trinajstić information content (AvgIpc) is 2.35. The minimum atomic E-state index is -0.399. The summed E-state index contributed by atoms with van der Waals surface area (Å²) in [5.41, 5.74) is 0.672. The van der Waals surface area contributed by atoms with Crippen molar-refractivity contribution in [3.8, 4) is 0 Å². The Hall–Kier alpha value is -1.17. The third kappa shape index (κ3) is 2.98. The summed E-state index contributed by atoms with van der Waals surface area (Å²) in [6.45, 7) is 0. The highest BCUT2D eigenvalue weighted by atomic mass is 79.9. The van der Waals surface area contributed by atoms with E-state index in [1.165, 1.54) is 12.4 Å². The summed E-state index contributed by atoms with van der Waals surface area (Å²) in [6.07, 6.45) is 3.04. The summed E-state index contributed by atoms with van der Waals surface area (Å²) in [5.74, 6) is -0.399. The van der Waals surface area contributed by atoms with Gasteiger partial charge in [-0.2, -0.15) is 0 Å². The molecule has 2 aromatic rings. The van der Waals surface area contributed by atoms with Crippen LogP contribution in [0, 0.1) is 0 Å². The molecule has 0 aliphatic heterocycles. The normalized spacial score (nSPS) is 10.2. The minimum absolute atomic E-state index is 0.121. The van der Waals surface area contributed by atoms with Gasteiger partial charge in [-0.15, -0.1) is 0 Å². The zero-order valence-corrected chi connectivity index (χ0v) is 11.9. The van der Waals surface area contributed by atoms with E-state index in [9.17, 15) is 4.79 Å². The van der Waals surface area contributed by atoms with Crippen LogP contribution in [0.15, 0.2) is 35.1 Å². The van der Waals surface area contributed by atoms with E-state index >= 15 is 0 Å². The first-order valence-electron chi connectivity index (χ1n) is 4.81. The van der Waals surface area contributed by atoms with Crippen molar-refractivity contribution in [2.75, 3.05) is 5.32 Å². The Balaban J connectivity index is 2.28. The van der Waals surface area contributed by atoms with E-state index in [1.807, 2.05) is 0 Å². The smallest absolute Gasteiger partial charge is 0.258 e. The van der Waals surface area contributed by atoms with Crippen molar-refractivity contribution in [2.45, 2.75) is 0 Å². The van der Waals surface area contributed by atoms with Crippen molar-refractivity contribution in [2.24, 2.45) is 0 Å². The van der Waals surface area contributed by atoms with Crippen molar-refractivity contribution >= 4 is 50.7 Å². The number of nitrogens with zero attached hydrogens (tertiary/aromatic N) is 2. The highest BCUT2D eigenvalue weighted by Gasteiger charge is 2.13. The van der Waals surface area contributed by atoms with Crippen LogP contribution in [0.25, 0.3) is 0 Å². The largest absolute Gasteiger partial charge is 0.319 e. The Morgan fingerprint density at radius 3 is 2.78 bits per heavy atom. The van der Waals surface area contributed by atoms with Crippen molar-refractivity contribution in [3.05, 3.63) is 50.9 Å². The Bertz CT molecular complexity index is 607. The topological polar surface area (TPSA) is 54.9 Å². The number of carbonyl (C=O) groups is 1. The zero-order valence-electron chi connectivity index (χ0n) is 8.82. The van der Waals surface area contributed by atoms with Crippen LogP contribution in [-0.2, 0) is 0 Å². The van der Waals surface area contributed by atoms with E-state index in [0.717, 1.165) is 0 Å². The molecule has 0 spiro atoms. The molecule has 18 heavy (non-hydrogen) atoms. The van der Waals surface area contributed by atoms with Crippen LogP contribution in [-0.4, -0.2) is 15.9 Å². The molecule has 4 nitrogen and oxygen atoms in total. The first kappa shape index (κ1) is 13.3. The fourth-order valence-electron chi connectivity index (χ4n) is 1.25. The monoisotopic (exact) mass is 345 g/mol. The molecule has 0 aromatic carbocycles. The molecule has 0 saturated carbocycles. The van der Waals surface area contributed by atoms with Gasteiger partial charge in [0, 0.05) is 16.9 Å². The molecule has 0 saturated heterocycles. The van der Waals surface area contributed by atoms with Crippen molar-refractivity contribution in [1.29, 1.82) is 0 Å². The summed E-state index contributed by atoms with van der Waals surface area (Å²) in [7, 11) is 0. The highest BCUT2D eigenvalue weighted by Crippen LogP contribution is 2.22. The standard InChI is InChI=1S/C11H6BrCl2N3O/c12-6-4-7(9(13)16-5-6)11(18)17-8-2-1-3-15-10(8)14/h1-5H,(H,17,18). The van der Waals surface area contributed by atoms with E-state index in [1.54, 1.807) is 18.2 Å². The average molecular weight is 347 g/mol. The number of hydrogen-bond donors (Lipinski definition) is 1. The van der Waals surface area contributed by atoms with Crippen LogP contribution < -0.4 is 5.32 Å². The molecule has 1 N–H and O–H groups in total. The molecule has 0 aliphatic carbocycles. The number of hydrogen-bond acceptors (Lipinski definition) is 3. The number of halogens is 3. The summed E-state index contributed by atoms with van der Waals surface area (Å²) in [5, 5.41) is 2.95. The third-order valence-electron chi connectivity index (χ3n) is 2.06. The van der Waals surface area contributed by atoms with E-state index in [-0.39, 0.29) is 15.9 Å². The van der Waals surface area contributed by atoms with Gasteiger partial charge in [0.1, 0.15) is 5.15 Å². The van der Waals surface area contributed by atoms with Gasteiger partial charge in [0.2, 0.25) is 0 Å². The zero-order chi connectivity index (χ0) is 13.1. The fourth-order valence-corrected chi connectivity index (χ4v) is 1.94. The minimum Gasteiger partial charge on any atom is -0.319 e. The Kier molecular flexibility index (Phi) is 4.16. The molecule has 0 atom stereocenters. The molecule has 0 unspecified atom stereocenters. The lowest BCUT2D eigenvalue weighted by Crippen LogP contribution is -2.13. The lowest BCUT2D eigenvalue weighted by atomic mass is 10.2. The molecule has 0 radical (unpaired) electrons. The highest BCUT2D eigenvalue weighted by molar-refractivity contribution is 9.10. The number of carbonyl (C=O) groups excluding carboxylic acids is 1. The first-order chi connectivity index (χ1) is 8.58. The third-order valence-corrected chi connectivity index (χ3v) is 3.09. The maximum atomic E-state index is 12.0. The van der Waals surface area contributed by atoms with Crippen LogP contribution in [0.3, 0.4) is 0 Å². The first-order valence-corrected chi connectivity index (χ1v) is 6.35. The van der Waals surface area contributed by atoms with Gasteiger partial charge < -0.3 is 5.32 Å². The summed E-state index contributed by atoms with van der Waals surface area (Å²) in [6, 6.07) is 4.89. The summed E-state index contributed by atoms with van der Waals surface area (Å²) in [4.78, 5) is 19.7. The molecule has 1 amide bonds. The fraction of sp³-hybridized carbons (Fsp3) is 0. The van der Waals surface area contributed by atoms with Crippen LogP contribution in [0.1, 0.15) is 10.4 Å². The molecule has 0 fully saturated rings. The van der Waals surface area contributed by atoms with Gasteiger partial charge >= 0.3 is 0 Å². The molecule has 2 rings (SSSR count). The molecule has 2 heterocycles. The number of pyridine rings is 2. The van der Waals surface area contributed by atoms with E-state index < -0.39 is 5.91 Å². The Labute approximate surface area is 121 Å². The van der Waals surface area contributed by atoms with Gasteiger partial charge in [-0.05, 0) is 34.1 Å². The van der Waals surface area contributed by atoms with Gasteiger partial charge in [-0.25, -0.2) is 9.97 Å².